The SMILES string of the molecule is CCn1c(COC(=O)c2ccc3c(c2)OCO3)nc2cc(S(=O)(=O)N3CCCCC3)ccc21. The summed E-state index contributed by atoms with van der Waals surface area (Å²) in [5, 5.41) is 0. The Kier molecular flexibility index (Phi) is 5.71. The van der Waals surface area contributed by atoms with Gasteiger partial charge in [-0.3, -0.25) is 0 Å². The number of piperidine rings is 1. The molecule has 1 saturated heterocycles. The van der Waals surface area contributed by atoms with Crippen LogP contribution in [0, 0.1) is 0 Å². The minimum atomic E-state index is -3.55. The average Bonchev–Trinajstić information content (AvgIpc) is 3.45. The molecule has 1 fully saturated rings. The molecule has 10 heteroatoms. The molecule has 2 aliphatic rings. The van der Waals surface area contributed by atoms with E-state index in [0.717, 1.165) is 24.8 Å². The first-order valence-corrected chi connectivity index (χ1v) is 12.5. The molecule has 2 aromatic carbocycles. The van der Waals surface area contributed by atoms with Gasteiger partial charge in [0.15, 0.2) is 11.5 Å². The van der Waals surface area contributed by atoms with E-state index in [1.54, 1.807) is 40.7 Å². The molecule has 3 heterocycles. The topological polar surface area (TPSA) is 100.0 Å². The lowest BCUT2D eigenvalue weighted by Crippen LogP contribution is -2.35. The van der Waals surface area contributed by atoms with Gasteiger partial charge in [-0.2, -0.15) is 4.31 Å². The molecule has 5 rings (SSSR count). The normalized spacial score (nSPS) is 16.3. The van der Waals surface area contributed by atoms with Crippen LogP contribution >= 0.6 is 0 Å². The fourth-order valence-corrected chi connectivity index (χ4v) is 5.81. The molecule has 0 atom stereocenters. The number of carbonyl (C=O) groups is 1. The highest BCUT2D eigenvalue weighted by molar-refractivity contribution is 7.89. The molecule has 0 unspecified atom stereocenters. The van der Waals surface area contributed by atoms with Gasteiger partial charge in [0.25, 0.3) is 0 Å². The number of hydrogen-bond acceptors (Lipinski definition) is 7. The van der Waals surface area contributed by atoms with Gasteiger partial charge in [0.2, 0.25) is 16.8 Å². The number of aromatic nitrogens is 2. The number of carbonyl (C=O) groups excluding carboxylic acids is 1. The lowest BCUT2D eigenvalue weighted by Gasteiger charge is -2.25. The van der Waals surface area contributed by atoms with Crippen molar-refractivity contribution in [1.29, 1.82) is 0 Å². The highest BCUT2D eigenvalue weighted by Crippen LogP contribution is 2.33. The van der Waals surface area contributed by atoms with Crippen molar-refractivity contribution in [2.75, 3.05) is 19.9 Å². The summed E-state index contributed by atoms with van der Waals surface area (Å²) < 4.78 is 45.6. The lowest BCUT2D eigenvalue weighted by atomic mass is 10.2. The van der Waals surface area contributed by atoms with Gasteiger partial charge in [-0.1, -0.05) is 6.42 Å². The summed E-state index contributed by atoms with van der Waals surface area (Å²) in [5.74, 6) is 1.15. The van der Waals surface area contributed by atoms with E-state index in [-0.39, 0.29) is 18.3 Å². The number of fused-ring (bicyclic) bond motifs is 2. The van der Waals surface area contributed by atoms with Crippen LogP contribution in [0.5, 0.6) is 11.5 Å². The molecule has 0 spiro atoms. The van der Waals surface area contributed by atoms with Gasteiger partial charge in [-0.25, -0.2) is 18.2 Å². The number of ether oxygens (including phenoxy) is 3. The molecule has 0 radical (unpaired) electrons. The average molecular weight is 472 g/mol. The number of esters is 1. The second kappa shape index (κ2) is 8.68. The maximum Gasteiger partial charge on any atom is 0.338 e. The Morgan fingerprint density at radius 1 is 1.06 bits per heavy atom. The third-order valence-corrected chi connectivity index (χ3v) is 7.90. The number of nitrogens with zero attached hydrogens (tertiary/aromatic N) is 3. The van der Waals surface area contributed by atoms with Crippen LogP contribution < -0.4 is 9.47 Å². The zero-order chi connectivity index (χ0) is 23.0. The van der Waals surface area contributed by atoms with E-state index in [1.165, 1.54) is 0 Å². The van der Waals surface area contributed by atoms with Gasteiger partial charge in [-0.15, -0.1) is 0 Å². The van der Waals surface area contributed by atoms with Crippen molar-refractivity contribution in [3.63, 3.8) is 0 Å². The molecule has 0 saturated carbocycles. The molecule has 174 valence electrons. The van der Waals surface area contributed by atoms with E-state index in [2.05, 4.69) is 4.98 Å². The van der Waals surface area contributed by atoms with Crippen LogP contribution in [0.4, 0.5) is 0 Å². The lowest BCUT2D eigenvalue weighted by molar-refractivity contribution is 0.0458. The molecule has 3 aromatic rings. The van der Waals surface area contributed by atoms with Crippen LogP contribution in [0.1, 0.15) is 42.4 Å². The number of aryl methyl sites for hydroxylation is 1. The molecule has 2 aliphatic heterocycles. The van der Waals surface area contributed by atoms with E-state index < -0.39 is 16.0 Å². The summed E-state index contributed by atoms with van der Waals surface area (Å²) in [7, 11) is -3.55. The van der Waals surface area contributed by atoms with Gasteiger partial charge in [-0.05, 0) is 56.2 Å². The van der Waals surface area contributed by atoms with Crippen molar-refractivity contribution in [3.8, 4) is 11.5 Å². The maximum absolute atomic E-state index is 13.0. The molecular weight excluding hydrogens is 446 g/mol. The quantitative estimate of drug-likeness (QED) is 0.509. The van der Waals surface area contributed by atoms with Crippen LogP contribution in [0.15, 0.2) is 41.3 Å². The zero-order valence-electron chi connectivity index (χ0n) is 18.3. The summed E-state index contributed by atoms with van der Waals surface area (Å²) in [6, 6.07) is 9.88. The minimum Gasteiger partial charge on any atom is -0.454 e. The van der Waals surface area contributed by atoms with Crippen molar-refractivity contribution in [1.82, 2.24) is 13.9 Å². The fourth-order valence-electron chi connectivity index (χ4n) is 4.27. The Morgan fingerprint density at radius 2 is 1.85 bits per heavy atom. The van der Waals surface area contributed by atoms with E-state index in [0.29, 0.717) is 48.0 Å². The van der Waals surface area contributed by atoms with Gasteiger partial charge >= 0.3 is 5.97 Å². The number of rotatable bonds is 6. The van der Waals surface area contributed by atoms with E-state index in [1.807, 2.05) is 11.5 Å². The van der Waals surface area contributed by atoms with Crippen molar-refractivity contribution >= 4 is 27.0 Å². The highest BCUT2D eigenvalue weighted by Gasteiger charge is 2.27. The van der Waals surface area contributed by atoms with E-state index in [4.69, 9.17) is 14.2 Å². The predicted molar refractivity (Wildman–Crippen MR) is 120 cm³/mol. The van der Waals surface area contributed by atoms with Crippen LogP contribution in [0.25, 0.3) is 11.0 Å². The van der Waals surface area contributed by atoms with Gasteiger partial charge in [0.1, 0.15) is 12.4 Å². The Bertz CT molecular complexity index is 1310. The summed E-state index contributed by atoms with van der Waals surface area (Å²) in [6.07, 6.45) is 2.82. The third-order valence-electron chi connectivity index (χ3n) is 6.01. The predicted octanol–water partition coefficient (Wildman–Crippen LogP) is 3.32. The van der Waals surface area contributed by atoms with Crippen molar-refractivity contribution in [2.24, 2.45) is 0 Å². The summed E-state index contributed by atoms with van der Waals surface area (Å²) in [6.45, 7) is 3.75. The van der Waals surface area contributed by atoms with Crippen LogP contribution in [0.3, 0.4) is 0 Å². The molecular formula is C23H25N3O6S. The number of benzene rings is 2. The first kappa shape index (κ1) is 21.7. The highest BCUT2D eigenvalue weighted by atomic mass is 32.2. The van der Waals surface area contributed by atoms with Crippen molar-refractivity contribution in [3.05, 3.63) is 47.8 Å². The second-order valence-electron chi connectivity index (χ2n) is 8.03. The second-order valence-corrected chi connectivity index (χ2v) is 9.97. The summed E-state index contributed by atoms with van der Waals surface area (Å²) in [5.41, 5.74) is 1.71. The maximum atomic E-state index is 13.0. The molecule has 0 N–H and O–H groups in total. The molecule has 0 aliphatic carbocycles. The molecule has 0 bridgehead atoms. The third kappa shape index (κ3) is 4.04. The van der Waals surface area contributed by atoms with Gasteiger partial charge < -0.3 is 18.8 Å². The zero-order valence-corrected chi connectivity index (χ0v) is 19.1. The Morgan fingerprint density at radius 3 is 2.64 bits per heavy atom. The monoisotopic (exact) mass is 471 g/mol. The smallest absolute Gasteiger partial charge is 0.338 e. The Balaban J connectivity index is 1.37. The van der Waals surface area contributed by atoms with Crippen molar-refractivity contribution < 1.29 is 27.4 Å². The van der Waals surface area contributed by atoms with Gasteiger partial charge in [0, 0.05) is 19.6 Å². The first-order valence-electron chi connectivity index (χ1n) is 11.0. The number of sulfonamides is 1. The molecule has 33 heavy (non-hydrogen) atoms. The van der Waals surface area contributed by atoms with Crippen molar-refractivity contribution in [2.45, 2.75) is 44.2 Å². The number of hydrogen-bond donors (Lipinski definition) is 0. The standard InChI is InChI=1S/C23H25N3O6S/c1-2-26-19-8-7-17(33(28,29)25-10-4-3-5-11-25)13-18(19)24-22(26)14-30-23(27)16-6-9-20-21(12-16)32-15-31-20/h6-9,12-13H,2-5,10-11,14-15H2,1H3. The molecule has 9 nitrogen and oxygen atoms in total. The number of imidazole rings is 1. The van der Waals surface area contributed by atoms with Gasteiger partial charge in [0.05, 0.1) is 21.5 Å². The fraction of sp³-hybridized carbons (Fsp3) is 0.391. The minimum absolute atomic E-state index is 0.0377. The van der Waals surface area contributed by atoms with E-state index in [9.17, 15) is 13.2 Å². The Labute approximate surface area is 191 Å². The molecule has 0 amide bonds. The van der Waals surface area contributed by atoms with Crippen LogP contribution in [0.2, 0.25) is 0 Å². The van der Waals surface area contributed by atoms with Crippen LogP contribution in [-0.2, 0) is 27.9 Å². The largest absolute Gasteiger partial charge is 0.454 e. The Hall–Kier alpha value is -3.11. The van der Waals surface area contributed by atoms with E-state index >= 15 is 0 Å². The first-order chi connectivity index (χ1) is 16.0. The van der Waals surface area contributed by atoms with Crippen LogP contribution in [-0.4, -0.2) is 48.1 Å². The summed E-state index contributed by atoms with van der Waals surface area (Å²) in [4.78, 5) is 17.4. The summed E-state index contributed by atoms with van der Waals surface area (Å²) >= 11 is 0. The molecule has 1 aromatic heterocycles.